The van der Waals surface area contributed by atoms with Gasteiger partial charge in [0.05, 0.1) is 11.3 Å². The van der Waals surface area contributed by atoms with Gasteiger partial charge in [-0.15, -0.1) is 0 Å². The number of nitro benzene ring substituents is 1. The number of hydrogen-bond acceptors (Lipinski definition) is 5. The van der Waals surface area contributed by atoms with E-state index in [0.717, 1.165) is 0 Å². The molecule has 130 valence electrons. The van der Waals surface area contributed by atoms with E-state index in [-0.39, 0.29) is 17.9 Å². The SMILES string of the molecule is O=C(COc1ccccc1[N+](=O)[O-])NNC(=O)Cc1ccccc1Cl. The van der Waals surface area contributed by atoms with Crippen molar-refractivity contribution in [2.24, 2.45) is 0 Å². The van der Waals surface area contributed by atoms with Crippen LogP contribution in [0.1, 0.15) is 5.56 Å². The molecule has 0 aromatic heterocycles. The molecule has 8 nitrogen and oxygen atoms in total. The number of hydrogen-bond donors (Lipinski definition) is 2. The molecule has 9 heteroatoms. The maximum Gasteiger partial charge on any atom is 0.310 e. The van der Waals surface area contributed by atoms with Gasteiger partial charge in [-0.1, -0.05) is 41.9 Å². The van der Waals surface area contributed by atoms with Crippen molar-refractivity contribution in [3.8, 4) is 5.75 Å². The highest BCUT2D eigenvalue weighted by molar-refractivity contribution is 6.31. The lowest BCUT2D eigenvalue weighted by molar-refractivity contribution is -0.385. The van der Waals surface area contributed by atoms with Crippen molar-refractivity contribution >= 4 is 29.1 Å². The van der Waals surface area contributed by atoms with Crippen molar-refractivity contribution in [1.82, 2.24) is 10.9 Å². The van der Waals surface area contributed by atoms with Crippen LogP contribution in [0, 0.1) is 10.1 Å². The fourth-order valence-corrected chi connectivity index (χ4v) is 2.11. The highest BCUT2D eigenvalue weighted by Gasteiger charge is 2.15. The first-order valence-electron chi connectivity index (χ1n) is 7.14. The smallest absolute Gasteiger partial charge is 0.310 e. The highest BCUT2D eigenvalue weighted by atomic mass is 35.5. The van der Waals surface area contributed by atoms with Gasteiger partial charge in [-0.25, -0.2) is 0 Å². The van der Waals surface area contributed by atoms with E-state index in [9.17, 15) is 19.7 Å². The molecule has 2 aromatic rings. The van der Waals surface area contributed by atoms with Gasteiger partial charge < -0.3 is 4.74 Å². The van der Waals surface area contributed by atoms with Crippen molar-refractivity contribution in [1.29, 1.82) is 0 Å². The summed E-state index contributed by atoms with van der Waals surface area (Å²) in [7, 11) is 0. The molecule has 0 saturated heterocycles. The van der Waals surface area contributed by atoms with Gasteiger partial charge in [0.15, 0.2) is 12.4 Å². The molecular formula is C16H14ClN3O5. The van der Waals surface area contributed by atoms with E-state index in [1.54, 1.807) is 30.3 Å². The van der Waals surface area contributed by atoms with Gasteiger partial charge in [0.1, 0.15) is 0 Å². The van der Waals surface area contributed by atoms with Crippen molar-refractivity contribution in [3.63, 3.8) is 0 Å². The van der Waals surface area contributed by atoms with Crippen molar-refractivity contribution in [2.75, 3.05) is 6.61 Å². The number of carbonyl (C=O) groups is 2. The normalized spacial score (nSPS) is 9.96. The van der Waals surface area contributed by atoms with E-state index >= 15 is 0 Å². The zero-order valence-corrected chi connectivity index (χ0v) is 13.7. The number of halogens is 1. The summed E-state index contributed by atoms with van der Waals surface area (Å²) in [5, 5.41) is 11.3. The van der Waals surface area contributed by atoms with Gasteiger partial charge in [-0.05, 0) is 17.7 Å². The molecule has 0 aliphatic carbocycles. The molecule has 0 aliphatic heterocycles. The molecule has 0 aliphatic rings. The third-order valence-electron chi connectivity index (χ3n) is 3.07. The number of rotatable bonds is 6. The van der Waals surface area contributed by atoms with Crippen LogP contribution in [0.25, 0.3) is 0 Å². The standard InChI is InChI=1S/C16H14ClN3O5/c17-12-6-2-1-5-11(12)9-15(21)18-19-16(22)10-25-14-8-4-3-7-13(14)20(23)24/h1-8H,9-10H2,(H,18,21)(H,19,22). The zero-order valence-electron chi connectivity index (χ0n) is 12.9. The first-order valence-corrected chi connectivity index (χ1v) is 7.52. The lowest BCUT2D eigenvalue weighted by Gasteiger charge is -2.09. The molecule has 0 saturated carbocycles. The molecule has 0 heterocycles. The lowest BCUT2D eigenvalue weighted by atomic mass is 10.1. The highest BCUT2D eigenvalue weighted by Crippen LogP contribution is 2.25. The molecule has 2 amide bonds. The monoisotopic (exact) mass is 363 g/mol. The van der Waals surface area contributed by atoms with Crippen LogP contribution in [0.3, 0.4) is 0 Å². The molecule has 0 radical (unpaired) electrons. The fourth-order valence-electron chi connectivity index (χ4n) is 1.91. The Bertz CT molecular complexity index is 797. The van der Waals surface area contributed by atoms with Gasteiger partial charge >= 0.3 is 5.69 Å². The van der Waals surface area contributed by atoms with Gasteiger partial charge in [0, 0.05) is 11.1 Å². The number of nitrogens with zero attached hydrogens (tertiary/aromatic N) is 1. The Morgan fingerprint density at radius 2 is 1.68 bits per heavy atom. The number of benzene rings is 2. The van der Waals surface area contributed by atoms with E-state index in [0.29, 0.717) is 10.6 Å². The second-order valence-corrected chi connectivity index (χ2v) is 5.29. The fraction of sp³-hybridized carbons (Fsp3) is 0.125. The van der Waals surface area contributed by atoms with Crippen molar-refractivity contribution in [2.45, 2.75) is 6.42 Å². The van der Waals surface area contributed by atoms with Gasteiger partial charge in [0.2, 0.25) is 5.91 Å². The summed E-state index contributed by atoms with van der Waals surface area (Å²) in [4.78, 5) is 33.7. The van der Waals surface area contributed by atoms with E-state index in [1.807, 2.05) is 0 Å². The molecule has 0 unspecified atom stereocenters. The van der Waals surface area contributed by atoms with Crippen LogP contribution in [0.15, 0.2) is 48.5 Å². The van der Waals surface area contributed by atoms with E-state index in [1.165, 1.54) is 18.2 Å². The Kier molecular flexibility index (Phi) is 6.30. The second-order valence-electron chi connectivity index (χ2n) is 4.88. The number of nitro groups is 1. The lowest BCUT2D eigenvalue weighted by Crippen LogP contribution is -2.44. The predicted molar refractivity (Wildman–Crippen MR) is 90.0 cm³/mol. The minimum absolute atomic E-state index is 0.00896. The van der Waals surface area contributed by atoms with Gasteiger partial charge in [-0.3, -0.25) is 30.6 Å². The zero-order chi connectivity index (χ0) is 18.2. The summed E-state index contributed by atoms with van der Waals surface area (Å²) in [6.07, 6.45) is -0.00896. The second kappa shape index (κ2) is 8.65. The Labute approximate surface area is 147 Å². The van der Waals surface area contributed by atoms with Crippen LogP contribution in [0.4, 0.5) is 5.69 Å². The summed E-state index contributed by atoms with van der Waals surface area (Å²) in [5.74, 6) is -1.16. The minimum Gasteiger partial charge on any atom is -0.477 e. The number of para-hydroxylation sites is 2. The van der Waals surface area contributed by atoms with E-state index < -0.39 is 23.3 Å². The molecule has 0 fully saturated rings. The maximum absolute atomic E-state index is 11.8. The first kappa shape index (κ1) is 18.2. The molecule has 0 spiro atoms. The quantitative estimate of drug-likeness (QED) is 0.602. The molecule has 2 rings (SSSR count). The Balaban J connectivity index is 1.80. The van der Waals surface area contributed by atoms with E-state index in [4.69, 9.17) is 16.3 Å². The maximum atomic E-state index is 11.8. The summed E-state index contributed by atoms with van der Waals surface area (Å²) in [6.45, 7) is -0.489. The molecule has 0 atom stereocenters. The summed E-state index contributed by atoms with van der Waals surface area (Å²) in [6, 6.07) is 12.5. The van der Waals surface area contributed by atoms with E-state index in [2.05, 4.69) is 10.9 Å². The Morgan fingerprint density at radius 3 is 2.40 bits per heavy atom. The van der Waals surface area contributed by atoms with Crippen LogP contribution in [-0.4, -0.2) is 23.3 Å². The van der Waals surface area contributed by atoms with Crippen LogP contribution >= 0.6 is 11.6 Å². The van der Waals surface area contributed by atoms with Crippen molar-refractivity contribution in [3.05, 3.63) is 69.2 Å². The molecular weight excluding hydrogens is 350 g/mol. The number of amides is 2. The number of hydrazine groups is 1. The summed E-state index contributed by atoms with van der Waals surface area (Å²) in [5.41, 5.74) is 4.75. The number of nitrogens with one attached hydrogen (secondary N) is 2. The average molecular weight is 364 g/mol. The number of ether oxygens (including phenoxy) is 1. The predicted octanol–water partition coefficient (Wildman–Crippen LogP) is 2.02. The molecule has 2 N–H and O–H groups in total. The van der Waals surface area contributed by atoms with Gasteiger partial charge in [-0.2, -0.15) is 0 Å². The van der Waals surface area contributed by atoms with Gasteiger partial charge in [0.25, 0.3) is 5.91 Å². The van der Waals surface area contributed by atoms with Crippen molar-refractivity contribution < 1.29 is 19.2 Å². The Morgan fingerprint density at radius 1 is 1.04 bits per heavy atom. The Hall–Kier alpha value is -3.13. The largest absolute Gasteiger partial charge is 0.477 e. The van der Waals surface area contributed by atoms with Crippen LogP contribution in [-0.2, 0) is 16.0 Å². The third-order valence-corrected chi connectivity index (χ3v) is 3.44. The topological polar surface area (TPSA) is 111 Å². The average Bonchev–Trinajstić information content (AvgIpc) is 2.60. The van der Waals surface area contributed by atoms with Crippen LogP contribution in [0.5, 0.6) is 5.75 Å². The first-order chi connectivity index (χ1) is 12.0. The molecule has 25 heavy (non-hydrogen) atoms. The number of carbonyl (C=O) groups excluding carboxylic acids is 2. The van der Waals surface area contributed by atoms with Crippen LogP contribution < -0.4 is 15.6 Å². The summed E-state index contributed by atoms with van der Waals surface area (Å²) >= 11 is 5.95. The summed E-state index contributed by atoms with van der Waals surface area (Å²) < 4.78 is 5.10. The van der Waals surface area contributed by atoms with Crippen LogP contribution in [0.2, 0.25) is 5.02 Å². The molecule has 2 aromatic carbocycles. The third kappa shape index (κ3) is 5.47. The molecule has 0 bridgehead atoms. The minimum atomic E-state index is -0.661.